The average molecular weight is 293 g/mol. The number of hydrogen-bond acceptors (Lipinski definition) is 3. The molecule has 1 saturated carbocycles. The quantitative estimate of drug-likeness (QED) is 0.863. The van der Waals surface area contributed by atoms with Crippen LogP contribution < -0.4 is 5.32 Å². The molecule has 122 valence electrons. The number of nitrogens with zero attached hydrogens (tertiary/aromatic N) is 2. The minimum Gasteiger partial charge on any atom is -0.311 e. The smallest absolute Gasteiger partial charge is 0.0224 e. The lowest BCUT2D eigenvalue weighted by Gasteiger charge is -2.45. The van der Waals surface area contributed by atoms with Crippen molar-refractivity contribution >= 4 is 0 Å². The number of nitrogens with one attached hydrogen (secondary N) is 1. The van der Waals surface area contributed by atoms with Crippen molar-refractivity contribution in [2.75, 3.05) is 39.8 Å². The summed E-state index contributed by atoms with van der Waals surface area (Å²) in [7, 11) is 2.29. The van der Waals surface area contributed by atoms with Gasteiger partial charge >= 0.3 is 0 Å². The molecule has 21 heavy (non-hydrogen) atoms. The van der Waals surface area contributed by atoms with Crippen molar-refractivity contribution in [1.29, 1.82) is 0 Å². The lowest BCUT2D eigenvalue weighted by Crippen LogP contribution is -2.59. The average Bonchev–Trinajstić information content (AvgIpc) is 2.50. The number of likely N-dealkylation sites (tertiary alicyclic amines) is 1. The van der Waals surface area contributed by atoms with Gasteiger partial charge in [0.15, 0.2) is 0 Å². The minimum absolute atomic E-state index is 0.720. The van der Waals surface area contributed by atoms with Crippen LogP contribution in [0.5, 0.6) is 0 Å². The summed E-state index contributed by atoms with van der Waals surface area (Å²) < 4.78 is 0. The Morgan fingerprint density at radius 3 is 2.57 bits per heavy atom. The highest BCUT2D eigenvalue weighted by Crippen LogP contribution is 2.29. The Morgan fingerprint density at radius 1 is 1.00 bits per heavy atom. The molecule has 3 aliphatic rings. The molecule has 0 aromatic rings. The molecular formula is C18H35N3. The molecule has 2 aliphatic heterocycles. The van der Waals surface area contributed by atoms with Gasteiger partial charge in [-0.15, -0.1) is 0 Å². The van der Waals surface area contributed by atoms with Crippen molar-refractivity contribution in [3.63, 3.8) is 0 Å². The zero-order valence-electron chi connectivity index (χ0n) is 14.2. The third-order valence-electron chi connectivity index (χ3n) is 6.16. The Balaban J connectivity index is 1.53. The fourth-order valence-corrected chi connectivity index (χ4v) is 4.81. The highest BCUT2D eigenvalue weighted by molar-refractivity contribution is 4.90. The Morgan fingerprint density at radius 2 is 1.81 bits per heavy atom. The van der Waals surface area contributed by atoms with Crippen molar-refractivity contribution in [2.45, 2.75) is 64.0 Å². The first-order valence-corrected chi connectivity index (χ1v) is 9.38. The molecule has 3 rings (SSSR count). The van der Waals surface area contributed by atoms with Gasteiger partial charge in [-0.3, -0.25) is 4.90 Å². The normalized spacial score (nSPS) is 37.7. The molecule has 0 amide bonds. The predicted molar refractivity (Wildman–Crippen MR) is 89.6 cm³/mol. The fourth-order valence-electron chi connectivity index (χ4n) is 4.81. The highest BCUT2D eigenvalue weighted by atomic mass is 15.2. The van der Waals surface area contributed by atoms with E-state index in [9.17, 15) is 0 Å². The van der Waals surface area contributed by atoms with E-state index in [2.05, 4.69) is 29.1 Å². The Hall–Kier alpha value is -0.120. The maximum absolute atomic E-state index is 3.86. The summed E-state index contributed by atoms with van der Waals surface area (Å²) in [5.41, 5.74) is 0. The summed E-state index contributed by atoms with van der Waals surface area (Å²) >= 11 is 0. The van der Waals surface area contributed by atoms with Gasteiger partial charge in [-0.05, 0) is 58.0 Å². The van der Waals surface area contributed by atoms with Crippen LogP contribution in [0.15, 0.2) is 0 Å². The van der Waals surface area contributed by atoms with Crippen molar-refractivity contribution in [1.82, 2.24) is 15.1 Å². The summed E-state index contributed by atoms with van der Waals surface area (Å²) in [5, 5.41) is 3.86. The summed E-state index contributed by atoms with van der Waals surface area (Å²) in [6.07, 6.45) is 10.2. The Kier molecular flexibility index (Phi) is 5.58. The second-order valence-corrected chi connectivity index (χ2v) is 7.99. The second-order valence-electron chi connectivity index (χ2n) is 7.99. The molecule has 3 heteroatoms. The van der Waals surface area contributed by atoms with Crippen LogP contribution in [0, 0.1) is 11.8 Å². The van der Waals surface area contributed by atoms with Gasteiger partial charge in [0, 0.05) is 38.3 Å². The molecule has 2 heterocycles. The molecule has 3 fully saturated rings. The molecule has 0 bridgehead atoms. The van der Waals surface area contributed by atoms with Crippen molar-refractivity contribution in [2.24, 2.45) is 11.8 Å². The highest BCUT2D eigenvalue weighted by Gasteiger charge is 2.32. The van der Waals surface area contributed by atoms with Gasteiger partial charge in [0.1, 0.15) is 0 Å². The minimum atomic E-state index is 0.720. The van der Waals surface area contributed by atoms with E-state index < -0.39 is 0 Å². The summed E-state index contributed by atoms with van der Waals surface area (Å²) in [5.74, 6) is 1.85. The van der Waals surface area contributed by atoms with Crippen LogP contribution in [-0.2, 0) is 0 Å². The van der Waals surface area contributed by atoms with Crippen LogP contribution in [0.25, 0.3) is 0 Å². The molecule has 1 aliphatic carbocycles. The van der Waals surface area contributed by atoms with Crippen molar-refractivity contribution < 1.29 is 0 Å². The van der Waals surface area contributed by atoms with Gasteiger partial charge in [0.05, 0.1) is 0 Å². The first-order chi connectivity index (χ1) is 10.2. The Labute approximate surface area is 131 Å². The molecule has 2 saturated heterocycles. The molecule has 1 N–H and O–H groups in total. The maximum atomic E-state index is 3.86. The van der Waals surface area contributed by atoms with E-state index in [0.29, 0.717) is 0 Å². The maximum Gasteiger partial charge on any atom is 0.0224 e. The second kappa shape index (κ2) is 7.43. The third-order valence-corrected chi connectivity index (χ3v) is 6.16. The topological polar surface area (TPSA) is 18.5 Å². The first kappa shape index (κ1) is 15.8. The summed E-state index contributed by atoms with van der Waals surface area (Å²) in [6, 6.07) is 1.49. The SMILES string of the molecule is CC1CNC(C2CCCCC2)CN1CC1CCCN(C)C1. The zero-order valence-corrected chi connectivity index (χ0v) is 14.2. The molecule has 0 aromatic heterocycles. The van der Waals surface area contributed by atoms with Crippen molar-refractivity contribution in [3.8, 4) is 0 Å². The standard InChI is InChI=1S/C18H35N3/c1-15-11-19-18(17-8-4-3-5-9-17)14-21(15)13-16-7-6-10-20(2)12-16/h15-19H,3-14H2,1-2H3. The van der Waals surface area contributed by atoms with Gasteiger partial charge in [-0.2, -0.15) is 0 Å². The Bertz CT molecular complexity index is 314. The van der Waals surface area contributed by atoms with E-state index in [1.165, 1.54) is 77.7 Å². The summed E-state index contributed by atoms with van der Waals surface area (Å²) in [4.78, 5) is 5.33. The molecule has 0 radical (unpaired) electrons. The molecule has 3 nitrogen and oxygen atoms in total. The molecule has 0 aromatic carbocycles. The van der Waals surface area contributed by atoms with Gasteiger partial charge in [-0.1, -0.05) is 19.3 Å². The van der Waals surface area contributed by atoms with Crippen LogP contribution >= 0.6 is 0 Å². The monoisotopic (exact) mass is 293 g/mol. The van der Waals surface area contributed by atoms with E-state index in [-0.39, 0.29) is 0 Å². The first-order valence-electron chi connectivity index (χ1n) is 9.38. The number of hydrogen-bond donors (Lipinski definition) is 1. The van der Waals surface area contributed by atoms with E-state index in [1.54, 1.807) is 0 Å². The molecule has 0 spiro atoms. The van der Waals surface area contributed by atoms with Crippen molar-refractivity contribution in [3.05, 3.63) is 0 Å². The van der Waals surface area contributed by atoms with Crippen LogP contribution in [0.2, 0.25) is 0 Å². The third kappa shape index (κ3) is 4.20. The summed E-state index contributed by atoms with van der Waals surface area (Å²) in [6.45, 7) is 8.85. The van der Waals surface area contributed by atoms with Gasteiger partial charge < -0.3 is 10.2 Å². The van der Waals surface area contributed by atoms with E-state index >= 15 is 0 Å². The van der Waals surface area contributed by atoms with E-state index in [4.69, 9.17) is 0 Å². The largest absolute Gasteiger partial charge is 0.311 e. The van der Waals surface area contributed by atoms with Crippen LogP contribution in [0.3, 0.4) is 0 Å². The number of piperazine rings is 1. The van der Waals surface area contributed by atoms with Gasteiger partial charge in [-0.25, -0.2) is 0 Å². The number of rotatable bonds is 3. The van der Waals surface area contributed by atoms with Gasteiger partial charge in [0.25, 0.3) is 0 Å². The molecule has 3 atom stereocenters. The fraction of sp³-hybridized carbons (Fsp3) is 1.00. The van der Waals surface area contributed by atoms with Crippen LogP contribution in [-0.4, -0.2) is 61.7 Å². The van der Waals surface area contributed by atoms with Crippen LogP contribution in [0.4, 0.5) is 0 Å². The van der Waals surface area contributed by atoms with Gasteiger partial charge in [0.2, 0.25) is 0 Å². The molecule has 3 unspecified atom stereocenters. The zero-order chi connectivity index (χ0) is 14.7. The lowest BCUT2D eigenvalue weighted by atomic mass is 9.82. The van der Waals surface area contributed by atoms with E-state index in [0.717, 1.165) is 23.9 Å². The van der Waals surface area contributed by atoms with Crippen LogP contribution in [0.1, 0.15) is 51.9 Å². The van der Waals surface area contributed by atoms with E-state index in [1.807, 2.05) is 0 Å². The predicted octanol–water partition coefficient (Wildman–Crippen LogP) is 2.57. The lowest BCUT2D eigenvalue weighted by molar-refractivity contribution is 0.0718. The molecular weight excluding hydrogens is 258 g/mol. The number of piperidine rings is 1.